The van der Waals surface area contributed by atoms with Crippen molar-refractivity contribution in [2.45, 2.75) is 25.8 Å². The molecule has 0 bridgehead atoms. The van der Waals surface area contributed by atoms with Crippen LogP contribution >= 0.6 is 0 Å². The van der Waals surface area contributed by atoms with Crippen LogP contribution in [0.4, 0.5) is 5.69 Å². The van der Waals surface area contributed by atoms with E-state index in [9.17, 15) is 4.79 Å². The van der Waals surface area contributed by atoms with Crippen LogP contribution < -0.4 is 9.64 Å². The molecule has 17 heavy (non-hydrogen) atoms. The van der Waals surface area contributed by atoms with E-state index in [1.165, 1.54) is 0 Å². The quantitative estimate of drug-likeness (QED) is 0.868. The fourth-order valence-corrected chi connectivity index (χ4v) is 2.10. The molecule has 4 heteroatoms. The molecular weight excluding hydrogens is 218 g/mol. The zero-order valence-corrected chi connectivity index (χ0v) is 9.93. The fraction of sp³-hybridized carbons (Fsp3) is 0.462. The molecule has 4 nitrogen and oxygen atoms in total. The molecule has 1 N–H and O–H groups in total. The first-order valence-corrected chi connectivity index (χ1v) is 5.89. The maximum atomic E-state index is 10.5. The van der Waals surface area contributed by atoms with E-state index in [1.807, 2.05) is 24.3 Å². The predicted octanol–water partition coefficient (Wildman–Crippen LogP) is 2.14. The third-order valence-electron chi connectivity index (χ3n) is 2.98. The van der Waals surface area contributed by atoms with Gasteiger partial charge in [-0.05, 0) is 25.5 Å². The van der Waals surface area contributed by atoms with E-state index in [2.05, 4.69) is 11.8 Å². The van der Waals surface area contributed by atoms with Gasteiger partial charge in [-0.3, -0.25) is 4.79 Å². The molecule has 1 aliphatic rings. The number of carboxylic acids is 1. The van der Waals surface area contributed by atoms with Crippen LogP contribution in [-0.4, -0.2) is 30.3 Å². The number of hydrogen-bond donors (Lipinski definition) is 1. The first-order valence-electron chi connectivity index (χ1n) is 5.89. The van der Waals surface area contributed by atoms with Gasteiger partial charge >= 0.3 is 5.97 Å². The number of rotatable bonds is 4. The molecule has 1 heterocycles. The Morgan fingerprint density at radius 1 is 1.53 bits per heavy atom. The van der Waals surface area contributed by atoms with Gasteiger partial charge in [0, 0.05) is 13.0 Å². The second-order valence-corrected chi connectivity index (χ2v) is 4.32. The lowest BCUT2D eigenvalue weighted by atomic mass is 10.1. The molecule has 0 aromatic heterocycles. The van der Waals surface area contributed by atoms with Crippen molar-refractivity contribution in [2.75, 3.05) is 18.1 Å². The van der Waals surface area contributed by atoms with Crippen LogP contribution in [0.1, 0.15) is 19.8 Å². The molecule has 1 aliphatic heterocycles. The molecule has 1 atom stereocenters. The Labute approximate surface area is 101 Å². The van der Waals surface area contributed by atoms with Crippen molar-refractivity contribution >= 4 is 11.7 Å². The summed E-state index contributed by atoms with van der Waals surface area (Å²) in [4.78, 5) is 12.7. The van der Waals surface area contributed by atoms with E-state index >= 15 is 0 Å². The maximum absolute atomic E-state index is 10.5. The van der Waals surface area contributed by atoms with Gasteiger partial charge in [-0.15, -0.1) is 0 Å². The summed E-state index contributed by atoms with van der Waals surface area (Å²) < 4.78 is 5.64. The largest absolute Gasteiger partial charge is 0.489 e. The van der Waals surface area contributed by atoms with Gasteiger partial charge in [0.15, 0.2) is 0 Å². The molecule has 0 saturated heterocycles. The lowest BCUT2D eigenvalue weighted by Gasteiger charge is -2.36. The highest BCUT2D eigenvalue weighted by Gasteiger charge is 2.23. The number of anilines is 1. The molecule has 92 valence electrons. The van der Waals surface area contributed by atoms with Crippen molar-refractivity contribution in [3.05, 3.63) is 24.3 Å². The minimum absolute atomic E-state index is 0.215. The molecule has 0 spiro atoms. The fourth-order valence-electron chi connectivity index (χ4n) is 2.10. The third-order valence-corrected chi connectivity index (χ3v) is 2.98. The molecule has 0 aliphatic carbocycles. The number of hydrogen-bond acceptors (Lipinski definition) is 3. The van der Waals surface area contributed by atoms with Gasteiger partial charge in [-0.1, -0.05) is 12.1 Å². The summed E-state index contributed by atoms with van der Waals surface area (Å²) in [6, 6.07) is 8.19. The molecule has 0 amide bonds. The van der Waals surface area contributed by atoms with Gasteiger partial charge in [0.1, 0.15) is 12.4 Å². The highest BCUT2D eigenvalue weighted by Crippen LogP contribution is 2.33. The van der Waals surface area contributed by atoms with E-state index in [1.54, 1.807) is 0 Å². The number of nitrogens with zero attached hydrogens (tertiary/aromatic N) is 1. The number of benzene rings is 1. The van der Waals surface area contributed by atoms with E-state index in [0.717, 1.165) is 18.0 Å². The van der Waals surface area contributed by atoms with Gasteiger partial charge in [0.05, 0.1) is 11.7 Å². The average Bonchev–Trinajstić information content (AvgIpc) is 2.32. The summed E-state index contributed by atoms with van der Waals surface area (Å²) in [7, 11) is 0. The number of para-hydroxylation sites is 2. The summed E-state index contributed by atoms with van der Waals surface area (Å²) in [5, 5.41) is 8.66. The van der Waals surface area contributed by atoms with Gasteiger partial charge < -0.3 is 14.7 Å². The third kappa shape index (κ3) is 2.70. The Kier molecular flexibility index (Phi) is 3.52. The molecular formula is C13H17NO3. The Morgan fingerprint density at radius 3 is 3.06 bits per heavy atom. The Bertz CT molecular complexity index is 405. The number of fused-ring (bicyclic) bond motifs is 1. The Morgan fingerprint density at radius 2 is 2.29 bits per heavy atom. The predicted molar refractivity (Wildman–Crippen MR) is 65.6 cm³/mol. The van der Waals surface area contributed by atoms with Crippen LogP contribution in [-0.2, 0) is 4.79 Å². The number of carbonyl (C=O) groups is 1. The van der Waals surface area contributed by atoms with E-state index in [0.29, 0.717) is 19.1 Å². The van der Waals surface area contributed by atoms with Crippen molar-refractivity contribution in [3.8, 4) is 5.75 Å². The molecule has 0 saturated carbocycles. The van der Waals surface area contributed by atoms with Crippen LogP contribution in [0.2, 0.25) is 0 Å². The highest BCUT2D eigenvalue weighted by molar-refractivity contribution is 5.67. The van der Waals surface area contributed by atoms with Crippen LogP contribution in [0.25, 0.3) is 0 Å². The molecule has 1 unspecified atom stereocenters. The standard InChI is InChI=1S/C13H17NO3/c1-10-9-17-12-6-3-2-5-11(12)14(10)8-4-7-13(15)16/h2-3,5-6,10H,4,7-9H2,1H3,(H,15,16). The molecule has 0 fully saturated rings. The Balaban J connectivity index is 2.07. The summed E-state index contributed by atoms with van der Waals surface area (Å²) >= 11 is 0. The van der Waals surface area contributed by atoms with Crippen LogP contribution in [0.5, 0.6) is 5.75 Å². The molecule has 1 aromatic rings. The normalized spacial score (nSPS) is 18.4. The molecule has 1 aromatic carbocycles. The summed E-state index contributed by atoms with van der Waals surface area (Å²) in [5.41, 5.74) is 1.07. The second kappa shape index (κ2) is 5.08. The maximum Gasteiger partial charge on any atom is 0.303 e. The van der Waals surface area contributed by atoms with Crippen molar-refractivity contribution in [1.29, 1.82) is 0 Å². The zero-order chi connectivity index (χ0) is 12.3. The number of carboxylic acid groups (broad SMARTS) is 1. The van der Waals surface area contributed by atoms with Gasteiger partial charge in [0.2, 0.25) is 0 Å². The van der Waals surface area contributed by atoms with E-state index < -0.39 is 5.97 Å². The van der Waals surface area contributed by atoms with Crippen molar-refractivity contribution in [2.24, 2.45) is 0 Å². The average molecular weight is 235 g/mol. The van der Waals surface area contributed by atoms with Crippen LogP contribution in [0.3, 0.4) is 0 Å². The van der Waals surface area contributed by atoms with E-state index in [-0.39, 0.29) is 6.42 Å². The van der Waals surface area contributed by atoms with Gasteiger partial charge in [-0.25, -0.2) is 0 Å². The van der Waals surface area contributed by atoms with Gasteiger partial charge in [-0.2, -0.15) is 0 Å². The smallest absolute Gasteiger partial charge is 0.303 e. The summed E-state index contributed by atoms with van der Waals surface area (Å²) in [5.74, 6) is 0.153. The summed E-state index contributed by atoms with van der Waals surface area (Å²) in [6.07, 6.45) is 0.875. The molecule has 0 radical (unpaired) electrons. The first kappa shape index (κ1) is 11.8. The monoisotopic (exact) mass is 235 g/mol. The van der Waals surface area contributed by atoms with Crippen molar-refractivity contribution in [1.82, 2.24) is 0 Å². The Hall–Kier alpha value is -1.71. The topological polar surface area (TPSA) is 49.8 Å². The molecule has 2 rings (SSSR count). The van der Waals surface area contributed by atoms with Gasteiger partial charge in [0.25, 0.3) is 0 Å². The van der Waals surface area contributed by atoms with Crippen molar-refractivity contribution < 1.29 is 14.6 Å². The second-order valence-electron chi connectivity index (χ2n) is 4.32. The highest BCUT2D eigenvalue weighted by atomic mass is 16.5. The minimum atomic E-state index is -0.737. The van der Waals surface area contributed by atoms with Crippen LogP contribution in [0.15, 0.2) is 24.3 Å². The lowest BCUT2D eigenvalue weighted by Crippen LogP contribution is -2.41. The van der Waals surface area contributed by atoms with E-state index in [4.69, 9.17) is 9.84 Å². The lowest BCUT2D eigenvalue weighted by molar-refractivity contribution is -0.137. The number of aliphatic carboxylic acids is 1. The van der Waals surface area contributed by atoms with Crippen molar-refractivity contribution in [3.63, 3.8) is 0 Å². The zero-order valence-electron chi connectivity index (χ0n) is 9.93. The van der Waals surface area contributed by atoms with Crippen LogP contribution in [0, 0.1) is 0 Å². The first-order chi connectivity index (χ1) is 8.18. The number of ether oxygens (including phenoxy) is 1. The SMILES string of the molecule is CC1COc2ccccc2N1CCCC(=O)O. The minimum Gasteiger partial charge on any atom is -0.489 e. The summed E-state index contributed by atoms with van der Waals surface area (Å²) in [6.45, 7) is 3.51.